The Labute approximate surface area is 175 Å². The van der Waals surface area contributed by atoms with E-state index in [0.29, 0.717) is 16.8 Å². The van der Waals surface area contributed by atoms with E-state index in [1.807, 2.05) is 19.9 Å². The molecule has 1 atom stereocenters. The zero-order valence-corrected chi connectivity index (χ0v) is 17.2. The van der Waals surface area contributed by atoms with E-state index >= 15 is 0 Å². The number of carbonyl (C=O) groups is 2. The van der Waals surface area contributed by atoms with Gasteiger partial charge in [-0.3, -0.25) is 19.7 Å². The number of hydrogen-bond donors (Lipinski definition) is 2. The van der Waals surface area contributed by atoms with Crippen LogP contribution in [-0.2, 0) is 0 Å². The topological polar surface area (TPSA) is 105 Å². The fourth-order valence-electron chi connectivity index (χ4n) is 3.37. The van der Waals surface area contributed by atoms with Crippen LogP contribution in [0.25, 0.3) is 0 Å². The molecule has 1 unspecified atom stereocenters. The lowest BCUT2D eigenvalue weighted by Crippen LogP contribution is -2.33. The van der Waals surface area contributed by atoms with Gasteiger partial charge in [-0.05, 0) is 56.5 Å². The van der Waals surface area contributed by atoms with E-state index in [1.165, 1.54) is 24.3 Å². The van der Waals surface area contributed by atoms with Gasteiger partial charge >= 0.3 is 0 Å². The maximum absolute atomic E-state index is 12.9. The molecular formula is C22H26N4O4. The number of nitrogens with zero attached hydrogens (tertiary/aromatic N) is 2. The van der Waals surface area contributed by atoms with Crippen molar-refractivity contribution >= 4 is 28.9 Å². The highest BCUT2D eigenvalue weighted by Gasteiger charge is 2.21. The lowest BCUT2D eigenvalue weighted by Gasteiger charge is -2.23. The third-order valence-electron chi connectivity index (χ3n) is 5.28. The first kappa shape index (κ1) is 21.3. The van der Waals surface area contributed by atoms with E-state index in [2.05, 4.69) is 15.5 Å². The summed E-state index contributed by atoms with van der Waals surface area (Å²) < 4.78 is 0. The number of nitro benzene ring substituents is 1. The Balaban J connectivity index is 1.84. The fraction of sp³-hybridized carbons (Fsp3) is 0.364. The monoisotopic (exact) mass is 410 g/mol. The lowest BCUT2D eigenvalue weighted by molar-refractivity contribution is -0.384. The minimum Gasteiger partial charge on any atom is -0.371 e. The lowest BCUT2D eigenvalue weighted by atomic mass is 10.1. The maximum Gasteiger partial charge on any atom is 0.269 e. The maximum atomic E-state index is 12.9. The quantitative estimate of drug-likeness (QED) is 0.531. The van der Waals surface area contributed by atoms with Crippen LogP contribution in [-0.4, -0.2) is 35.9 Å². The minimum atomic E-state index is -0.513. The van der Waals surface area contributed by atoms with Crippen molar-refractivity contribution in [3.63, 3.8) is 0 Å². The van der Waals surface area contributed by atoms with Gasteiger partial charge in [0.2, 0.25) is 0 Å². The summed E-state index contributed by atoms with van der Waals surface area (Å²) in [7, 11) is 0. The number of nitrogens with one attached hydrogen (secondary N) is 2. The molecule has 1 heterocycles. The number of nitro groups is 1. The molecule has 0 aromatic heterocycles. The third-order valence-corrected chi connectivity index (χ3v) is 5.28. The number of rotatable bonds is 7. The van der Waals surface area contributed by atoms with Crippen LogP contribution in [0.5, 0.6) is 0 Å². The molecule has 2 amide bonds. The minimum absolute atomic E-state index is 0.0438. The van der Waals surface area contributed by atoms with E-state index < -0.39 is 10.8 Å². The predicted molar refractivity (Wildman–Crippen MR) is 116 cm³/mol. The van der Waals surface area contributed by atoms with Gasteiger partial charge < -0.3 is 15.5 Å². The summed E-state index contributed by atoms with van der Waals surface area (Å²) in [6, 6.07) is 10.8. The first-order chi connectivity index (χ1) is 14.4. The van der Waals surface area contributed by atoms with Crippen molar-refractivity contribution in [2.75, 3.05) is 23.3 Å². The molecule has 8 nitrogen and oxygen atoms in total. The van der Waals surface area contributed by atoms with Crippen molar-refractivity contribution < 1.29 is 14.5 Å². The molecule has 1 fully saturated rings. The summed E-state index contributed by atoms with van der Waals surface area (Å²) in [6.45, 7) is 5.76. The van der Waals surface area contributed by atoms with Crippen molar-refractivity contribution in [1.29, 1.82) is 0 Å². The molecule has 0 bridgehead atoms. The standard InChI is InChI=1S/C22H26N4O4/c1-3-15(2)23-22(28)19-14-17(8-11-20(19)25-12-4-5-13-25)24-21(27)16-6-9-18(10-7-16)26(29)30/h6-11,14-15H,3-5,12-13H2,1-2H3,(H,23,28)(H,24,27). The number of non-ortho nitro benzene ring substituents is 1. The van der Waals surface area contributed by atoms with E-state index in [0.717, 1.165) is 38.0 Å². The van der Waals surface area contributed by atoms with Crippen LogP contribution in [0.4, 0.5) is 17.1 Å². The second-order valence-corrected chi connectivity index (χ2v) is 7.47. The van der Waals surface area contributed by atoms with Gasteiger partial charge in [0.05, 0.1) is 10.5 Å². The average molecular weight is 410 g/mol. The van der Waals surface area contributed by atoms with E-state index in [4.69, 9.17) is 0 Å². The van der Waals surface area contributed by atoms with Crippen LogP contribution in [0.2, 0.25) is 0 Å². The van der Waals surface area contributed by atoms with Crippen molar-refractivity contribution in [3.05, 3.63) is 63.7 Å². The Bertz CT molecular complexity index is 937. The van der Waals surface area contributed by atoms with Gasteiger partial charge in [0.1, 0.15) is 0 Å². The summed E-state index contributed by atoms with van der Waals surface area (Å²) in [5, 5.41) is 16.6. The fourth-order valence-corrected chi connectivity index (χ4v) is 3.37. The molecule has 0 aliphatic carbocycles. The molecule has 0 saturated carbocycles. The summed E-state index contributed by atoms with van der Waals surface area (Å²) in [5.74, 6) is -0.565. The summed E-state index contributed by atoms with van der Waals surface area (Å²) in [4.78, 5) is 37.9. The highest BCUT2D eigenvalue weighted by Crippen LogP contribution is 2.28. The van der Waals surface area contributed by atoms with Crippen molar-refractivity contribution in [3.8, 4) is 0 Å². The second-order valence-electron chi connectivity index (χ2n) is 7.47. The van der Waals surface area contributed by atoms with Gasteiger partial charge in [0.15, 0.2) is 0 Å². The van der Waals surface area contributed by atoms with Gasteiger partial charge in [0, 0.05) is 48.2 Å². The highest BCUT2D eigenvalue weighted by molar-refractivity contribution is 6.06. The number of hydrogen-bond acceptors (Lipinski definition) is 5. The Morgan fingerprint density at radius 2 is 1.77 bits per heavy atom. The smallest absolute Gasteiger partial charge is 0.269 e. The SMILES string of the molecule is CCC(C)NC(=O)c1cc(NC(=O)c2ccc([N+](=O)[O-])cc2)ccc1N1CCCC1. The third kappa shape index (κ3) is 4.94. The molecule has 1 saturated heterocycles. The first-order valence-corrected chi connectivity index (χ1v) is 10.1. The van der Waals surface area contributed by atoms with Gasteiger partial charge in [-0.1, -0.05) is 6.92 Å². The van der Waals surface area contributed by atoms with Gasteiger partial charge in [-0.15, -0.1) is 0 Å². The van der Waals surface area contributed by atoms with E-state index in [9.17, 15) is 19.7 Å². The summed E-state index contributed by atoms with van der Waals surface area (Å²) >= 11 is 0. The Hall–Kier alpha value is -3.42. The molecule has 158 valence electrons. The van der Waals surface area contributed by atoms with Crippen LogP contribution < -0.4 is 15.5 Å². The van der Waals surface area contributed by atoms with Crippen LogP contribution in [0.15, 0.2) is 42.5 Å². The molecule has 2 N–H and O–H groups in total. The van der Waals surface area contributed by atoms with E-state index in [1.54, 1.807) is 12.1 Å². The Morgan fingerprint density at radius 1 is 1.10 bits per heavy atom. The van der Waals surface area contributed by atoms with Gasteiger partial charge in [-0.2, -0.15) is 0 Å². The molecular weight excluding hydrogens is 384 g/mol. The molecule has 8 heteroatoms. The van der Waals surface area contributed by atoms with Crippen LogP contribution in [0.3, 0.4) is 0 Å². The zero-order valence-electron chi connectivity index (χ0n) is 17.2. The molecule has 0 radical (unpaired) electrons. The number of anilines is 2. The van der Waals surface area contributed by atoms with Gasteiger partial charge in [-0.25, -0.2) is 0 Å². The summed E-state index contributed by atoms with van der Waals surface area (Å²) in [6.07, 6.45) is 3.00. The average Bonchev–Trinajstić information content (AvgIpc) is 3.28. The molecule has 2 aromatic carbocycles. The van der Waals surface area contributed by atoms with Crippen LogP contribution >= 0.6 is 0 Å². The number of carbonyl (C=O) groups excluding carboxylic acids is 2. The van der Waals surface area contributed by atoms with Crippen molar-refractivity contribution in [2.45, 2.75) is 39.2 Å². The Morgan fingerprint density at radius 3 is 2.37 bits per heavy atom. The van der Waals surface area contributed by atoms with Crippen LogP contribution in [0, 0.1) is 10.1 Å². The predicted octanol–water partition coefficient (Wildman–Crippen LogP) is 3.98. The Kier molecular flexibility index (Phi) is 6.66. The van der Waals surface area contributed by atoms with Crippen molar-refractivity contribution in [2.24, 2.45) is 0 Å². The van der Waals surface area contributed by atoms with Crippen molar-refractivity contribution in [1.82, 2.24) is 5.32 Å². The highest BCUT2D eigenvalue weighted by atomic mass is 16.6. The van der Waals surface area contributed by atoms with E-state index in [-0.39, 0.29) is 17.6 Å². The number of benzene rings is 2. The first-order valence-electron chi connectivity index (χ1n) is 10.1. The zero-order chi connectivity index (χ0) is 21.7. The second kappa shape index (κ2) is 9.39. The largest absolute Gasteiger partial charge is 0.371 e. The van der Waals surface area contributed by atoms with Gasteiger partial charge in [0.25, 0.3) is 17.5 Å². The summed E-state index contributed by atoms with van der Waals surface area (Å²) in [5.41, 5.74) is 2.11. The van der Waals surface area contributed by atoms with Crippen LogP contribution in [0.1, 0.15) is 53.8 Å². The number of amides is 2. The molecule has 30 heavy (non-hydrogen) atoms. The molecule has 1 aliphatic heterocycles. The normalized spacial score (nSPS) is 14.3. The molecule has 3 rings (SSSR count). The molecule has 0 spiro atoms. The molecule has 1 aliphatic rings. The molecule has 2 aromatic rings.